The van der Waals surface area contributed by atoms with Crippen LogP contribution in [0.4, 0.5) is 0 Å². The number of hydrogen-bond donors (Lipinski definition) is 4. The monoisotopic (exact) mass is 507 g/mol. The van der Waals surface area contributed by atoms with Crippen molar-refractivity contribution in [3.8, 4) is 11.3 Å². The van der Waals surface area contributed by atoms with E-state index in [1.54, 1.807) is 6.07 Å². The van der Waals surface area contributed by atoms with Crippen molar-refractivity contribution < 1.29 is 4.79 Å². The summed E-state index contributed by atoms with van der Waals surface area (Å²) in [6, 6.07) is 23.7. The van der Waals surface area contributed by atoms with Gasteiger partial charge in [-0.3, -0.25) is 20.2 Å². The second kappa shape index (κ2) is 11.8. The molecule has 1 aromatic heterocycles. The predicted octanol–water partition coefficient (Wildman–Crippen LogP) is 4.57. The molecule has 0 saturated carbocycles. The lowest BCUT2D eigenvalue weighted by atomic mass is 9.93. The van der Waals surface area contributed by atoms with Crippen LogP contribution < -0.4 is 11.1 Å². The molecule has 0 bridgehead atoms. The molecular weight excluding hydrogens is 474 g/mol. The molecule has 1 amide bonds. The highest BCUT2D eigenvalue weighted by atomic mass is 16.1. The summed E-state index contributed by atoms with van der Waals surface area (Å²) in [6.07, 6.45) is 4.44. The van der Waals surface area contributed by atoms with Crippen LogP contribution in [0.1, 0.15) is 40.7 Å². The van der Waals surface area contributed by atoms with Crippen molar-refractivity contribution in [3.05, 3.63) is 89.5 Å². The van der Waals surface area contributed by atoms with Gasteiger partial charge in [0.15, 0.2) is 5.84 Å². The normalized spacial score (nSPS) is 14.7. The van der Waals surface area contributed by atoms with E-state index >= 15 is 0 Å². The summed E-state index contributed by atoms with van der Waals surface area (Å²) in [5.74, 6) is 0.644. The lowest BCUT2D eigenvalue weighted by Crippen LogP contribution is -2.34. The van der Waals surface area contributed by atoms with Gasteiger partial charge >= 0.3 is 0 Å². The predicted molar refractivity (Wildman–Crippen MR) is 152 cm³/mol. The number of nitrogens with zero attached hydrogens (tertiary/aromatic N) is 3. The fraction of sp³-hybridized carbons (Fsp3) is 0.267. The number of piperidine rings is 1. The Morgan fingerprint density at radius 1 is 1.08 bits per heavy atom. The van der Waals surface area contributed by atoms with E-state index in [4.69, 9.17) is 11.1 Å². The maximum Gasteiger partial charge on any atom is 0.251 e. The Bertz CT molecular complexity index is 1440. The number of nitrogens with two attached hydrogens (primary N) is 1. The topological polar surface area (TPSA) is 123 Å². The second-order valence-electron chi connectivity index (χ2n) is 9.79. The first-order chi connectivity index (χ1) is 18.6. The number of aliphatic imine (C=N–C) groups is 1. The number of aromatic amines is 1. The van der Waals surface area contributed by atoms with E-state index in [0.29, 0.717) is 23.6 Å². The highest BCUT2D eigenvalue weighted by Gasteiger charge is 2.19. The molecule has 2 heterocycles. The summed E-state index contributed by atoms with van der Waals surface area (Å²) in [5, 5.41) is 19.5. The van der Waals surface area contributed by atoms with Crippen LogP contribution >= 0.6 is 0 Å². The molecule has 194 valence electrons. The molecule has 0 aliphatic carbocycles. The Morgan fingerprint density at radius 2 is 1.89 bits per heavy atom. The van der Waals surface area contributed by atoms with Gasteiger partial charge in [0, 0.05) is 35.2 Å². The number of likely N-dealkylation sites (tertiary alicyclic amines) is 1. The minimum Gasteiger partial charge on any atom is -0.390 e. The van der Waals surface area contributed by atoms with Gasteiger partial charge in [-0.1, -0.05) is 42.5 Å². The summed E-state index contributed by atoms with van der Waals surface area (Å²) >= 11 is 0. The minimum atomic E-state index is -0.0760. The van der Waals surface area contributed by atoms with Crippen molar-refractivity contribution in [2.75, 3.05) is 19.6 Å². The van der Waals surface area contributed by atoms with Crippen molar-refractivity contribution in [3.63, 3.8) is 0 Å². The van der Waals surface area contributed by atoms with Crippen LogP contribution in [0.25, 0.3) is 22.2 Å². The van der Waals surface area contributed by atoms with Gasteiger partial charge in [0.05, 0.1) is 17.5 Å². The molecule has 8 nitrogen and oxygen atoms in total. The standard InChI is InChI=1S/C30H33N7O/c31-20-34-29(32)24-9-10-27-26(18-24)28(36-35-27)23-7-4-8-25(17-23)30(38)33-14-11-21-12-15-37(16-13-21)19-22-5-2-1-3-6-22/h1-10,17-18,20-21H,11-16,19H2,(H,33,38)(H,35,36)(H3,31,32,34). The van der Waals surface area contributed by atoms with Crippen molar-refractivity contribution in [2.24, 2.45) is 16.6 Å². The molecule has 0 atom stereocenters. The number of aromatic nitrogens is 2. The highest BCUT2D eigenvalue weighted by molar-refractivity contribution is 6.05. The van der Waals surface area contributed by atoms with E-state index in [0.717, 1.165) is 54.6 Å². The van der Waals surface area contributed by atoms with Crippen LogP contribution in [0.5, 0.6) is 0 Å². The van der Waals surface area contributed by atoms with Crippen molar-refractivity contribution in [1.29, 1.82) is 5.41 Å². The molecule has 0 spiro atoms. The van der Waals surface area contributed by atoms with Gasteiger partial charge < -0.3 is 11.1 Å². The number of nitrogens with one attached hydrogen (secondary N) is 3. The molecule has 1 aliphatic rings. The third-order valence-electron chi connectivity index (χ3n) is 7.23. The van der Waals surface area contributed by atoms with E-state index in [-0.39, 0.29) is 11.7 Å². The van der Waals surface area contributed by atoms with E-state index < -0.39 is 0 Å². The number of hydrogen-bond acceptors (Lipinski definition) is 4. The maximum absolute atomic E-state index is 12.9. The minimum absolute atomic E-state index is 0.0760. The maximum atomic E-state index is 12.9. The number of benzene rings is 3. The molecule has 38 heavy (non-hydrogen) atoms. The van der Waals surface area contributed by atoms with Crippen molar-refractivity contribution >= 4 is 29.0 Å². The Kier molecular flexibility index (Phi) is 7.89. The molecule has 5 N–H and O–H groups in total. The van der Waals surface area contributed by atoms with Gasteiger partial charge in [0.25, 0.3) is 5.91 Å². The number of fused-ring (bicyclic) bond motifs is 1. The molecule has 3 aromatic carbocycles. The van der Waals surface area contributed by atoms with E-state index in [9.17, 15) is 4.79 Å². The molecule has 4 aromatic rings. The zero-order valence-electron chi connectivity index (χ0n) is 21.4. The second-order valence-corrected chi connectivity index (χ2v) is 9.79. The quantitative estimate of drug-likeness (QED) is 0.206. The fourth-order valence-corrected chi connectivity index (χ4v) is 5.10. The number of carbonyl (C=O) groups excluding carboxylic acids is 1. The number of carbonyl (C=O) groups is 1. The Labute approximate surface area is 222 Å². The first-order valence-electron chi connectivity index (χ1n) is 13.1. The molecule has 1 saturated heterocycles. The Morgan fingerprint density at radius 3 is 2.68 bits per heavy atom. The van der Waals surface area contributed by atoms with Gasteiger partial charge in [0.2, 0.25) is 0 Å². The highest BCUT2D eigenvalue weighted by Crippen LogP contribution is 2.28. The smallest absolute Gasteiger partial charge is 0.251 e. The third-order valence-corrected chi connectivity index (χ3v) is 7.23. The lowest BCUT2D eigenvalue weighted by Gasteiger charge is -2.32. The molecule has 5 rings (SSSR count). The lowest BCUT2D eigenvalue weighted by molar-refractivity contribution is 0.0947. The Balaban J connectivity index is 1.16. The van der Waals surface area contributed by atoms with Crippen LogP contribution in [0.3, 0.4) is 0 Å². The number of amides is 1. The van der Waals surface area contributed by atoms with Gasteiger partial charge in [0.1, 0.15) is 0 Å². The first kappa shape index (κ1) is 25.4. The summed E-state index contributed by atoms with van der Waals surface area (Å²) < 4.78 is 0. The summed E-state index contributed by atoms with van der Waals surface area (Å²) in [4.78, 5) is 19.3. The number of rotatable bonds is 8. The molecule has 0 unspecified atom stereocenters. The fourth-order valence-electron chi connectivity index (χ4n) is 5.10. The molecule has 8 heteroatoms. The zero-order chi connectivity index (χ0) is 26.3. The van der Waals surface area contributed by atoms with E-state index in [1.165, 1.54) is 18.4 Å². The van der Waals surface area contributed by atoms with Crippen LogP contribution in [-0.2, 0) is 6.54 Å². The summed E-state index contributed by atoms with van der Waals surface area (Å²) in [6.45, 7) is 3.89. The molecular formula is C30H33N7O. The van der Waals surface area contributed by atoms with Crippen LogP contribution in [0.2, 0.25) is 0 Å². The SMILES string of the molecule is N=C(/N=C\N)c1ccc2[nH]nc(-c3cccc(C(=O)NCCC4CCN(Cc5ccccc5)CC4)c3)c2c1. The van der Waals surface area contributed by atoms with E-state index in [2.05, 4.69) is 55.7 Å². The average molecular weight is 508 g/mol. The molecule has 1 fully saturated rings. The van der Waals surface area contributed by atoms with Gasteiger partial charge in [-0.2, -0.15) is 5.10 Å². The third kappa shape index (κ3) is 5.98. The van der Waals surface area contributed by atoms with Gasteiger partial charge in [-0.25, -0.2) is 4.99 Å². The van der Waals surface area contributed by atoms with Crippen LogP contribution in [0.15, 0.2) is 77.8 Å². The van der Waals surface area contributed by atoms with Gasteiger partial charge in [-0.15, -0.1) is 0 Å². The Hall–Kier alpha value is -4.30. The summed E-state index contributed by atoms with van der Waals surface area (Å²) in [7, 11) is 0. The van der Waals surface area contributed by atoms with Gasteiger partial charge in [-0.05, 0) is 74.2 Å². The molecule has 0 radical (unpaired) electrons. The van der Waals surface area contributed by atoms with Crippen molar-refractivity contribution in [1.82, 2.24) is 20.4 Å². The molecule has 1 aliphatic heterocycles. The first-order valence-corrected chi connectivity index (χ1v) is 13.1. The average Bonchev–Trinajstić information content (AvgIpc) is 3.38. The number of H-pyrrole nitrogens is 1. The number of amidine groups is 1. The largest absolute Gasteiger partial charge is 0.390 e. The van der Waals surface area contributed by atoms with Crippen molar-refractivity contribution in [2.45, 2.75) is 25.8 Å². The van der Waals surface area contributed by atoms with E-state index in [1.807, 2.05) is 36.4 Å². The van der Waals surface area contributed by atoms with Crippen LogP contribution in [-0.4, -0.2) is 52.8 Å². The van der Waals surface area contributed by atoms with Crippen LogP contribution in [0, 0.1) is 11.3 Å². The zero-order valence-corrected chi connectivity index (χ0v) is 21.4. The summed E-state index contributed by atoms with van der Waals surface area (Å²) in [5.41, 5.74) is 10.4.